The number of hydrogen-bond acceptors (Lipinski definition) is 6. The molecule has 7 heteroatoms. The summed E-state index contributed by atoms with van der Waals surface area (Å²) in [5.74, 6) is 1.01. The van der Waals surface area contributed by atoms with Crippen LogP contribution < -0.4 is 0 Å². The Morgan fingerprint density at radius 1 is 1.16 bits per heavy atom. The second kappa shape index (κ2) is 6.92. The molecule has 4 rings (SSSR count). The monoisotopic (exact) mass is 342 g/mol. The predicted octanol–water partition coefficient (Wildman–Crippen LogP) is 3.94. The van der Waals surface area contributed by atoms with Crippen LogP contribution in [0.5, 0.6) is 0 Å². The van der Waals surface area contributed by atoms with E-state index in [1.165, 1.54) is 57.1 Å². The SMILES string of the molecule is O=[N+]([O-])c1cccc(-c2noc(CN(C3CCCCC3)C3CC3)n2)c1. The molecule has 0 aliphatic heterocycles. The van der Waals surface area contributed by atoms with E-state index in [1.807, 2.05) is 0 Å². The van der Waals surface area contributed by atoms with Crippen LogP contribution in [0.2, 0.25) is 0 Å². The molecule has 25 heavy (non-hydrogen) atoms. The maximum absolute atomic E-state index is 10.9. The van der Waals surface area contributed by atoms with E-state index in [-0.39, 0.29) is 5.69 Å². The fraction of sp³-hybridized carbons (Fsp3) is 0.556. The molecular formula is C18H22N4O3. The zero-order chi connectivity index (χ0) is 17.2. The van der Waals surface area contributed by atoms with E-state index in [2.05, 4.69) is 15.0 Å². The van der Waals surface area contributed by atoms with Crippen LogP contribution in [0.3, 0.4) is 0 Å². The van der Waals surface area contributed by atoms with Crippen molar-refractivity contribution in [3.8, 4) is 11.4 Å². The Bertz CT molecular complexity index is 750. The number of non-ortho nitro benzene ring substituents is 1. The summed E-state index contributed by atoms with van der Waals surface area (Å²) in [7, 11) is 0. The standard InChI is InChI=1S/C18H22N4O3/c23-22(24)16-8-4-5-13(11-16)18-19-17(25-20-18)12-21(15-9-10-15)14-6-2-1-3-7-14/h4-5,8,11,14-15H,1-3,6-7,9-10,12H2. The van der Waals surface area contributed by atoms with Gasteiger partial charge < -0.3 is 4.52 Å². The fourth-order valence-corrected chi connectivity index (χ4v) is 3.73. The fourth-order valence-electron chi connectivity index (χ4n) is 3.73. The molecule has 2 saturated carbocycles. The Kier molecular flexibility index (Phi) is 4.48. The van der Waals surface area contributed by atoms with Gasteiger partial charge in [0.05, 0.1) is 11.5 Å². The molecule has 0 radical (unpaired) electrons. The van der Waals surface area contributed by atoms with Crippen molar-refractivity contribution in [1.82, 2.24) is 15.0 Å². The van der Waals surface area contributed by atoms with Crippen molar-refractivity contribution in [2.75, 3.05) is 0 Å². The number of nitrogens with zero attached hydrogens (tertiary/aromatic N) is 4. The summed E-state index contributed by atoms with van der Waals surface area (Å²) in [6, 6.07) is 7.62. The van der Waals surface area contributed by atoms with Crippen molar-refractivity contribution < 1.29 is 9.45 Å². The maximum Gasteiger partial charge on any atom is 0.270 e. The minimum atomic E-state index is -0.414. The molecule has 2 aliphatic carbocycles. The summed E-state index contributed by atoms with van der Waals surface area (Å²) in [4.78, 5) is 17.5. The molecule has 0 amide bonds. The largest absolute Gasteiger partial charge is 0.338 e. The molecule has 0 atom stereocenters. The molecule has 1 aromatic carbocycles. The van der Waals surface area contributed by atoms with Gasteiger partial charge in [-0.25, -0.2) is 0 Å². The molecule has 0 unspecified atom stereocenters. The number of benzene rings is 1. The smallest absolute Gasteiger partial charge is 0.270 e. The van der Waals surface area contributed by atoms with Gasteiger partial charge >= 0.3 is 0 Å². The third-order valence-corrected chi connectivity index (χ3v) is 5.16. The maximum atomic E-state index is 10.9. The molecule has 0 saturated heterocycles. The summed E-state index contributed by atoms with van der Waals surface area (Å²) < 4.78 is 5.45. The Labute approximate surface area is 146 Å². The van der Waals surface area contributed by atoms with E-state index >= 15 is 0 Å². The average Bonchev–Trinajstić information content (AvgIpc) is 3.38. The molecule has 132 valence electrons. The van der Waals surface area contributed by atoms with Gasteiger partial charge in [-0.05, 0) is 25.7 Å². The van der Waals surface area contributed by atoms with Crippen molar-refractivity contribution in [1.29, 1.82) is 0 Å². The molecule has 0 N–H and O–H groups in total. The Morgan fingerprint density at radius 2 is 1.92 bits per heavy atom. The highest BCUT2D eigenvalue weighted by Gasteiger charge is 2.35. The second-order valence-electron chi connectivity index (χ2n) is 7.01. The van der Waals surface area contributed by atoms with Gasteiger partial charge in [-0.15, -0.1) is 0 Å². The quantitative estimate of drug-likeness (QED) is 0.584. The van der Waals surface area contributed by atoms with Crippen LogP contribution in [0.4, 0.5) is 5.69 Å². The summed E-state index contributed by atoms with van der Waals surface area (Å²) in [6.07, 6.45) is 8.95. The van der Waals surface area contributed by atoms with E-state index < -0.39 is 4.92 Å². The molecule has 1 heterocycles. The first-order valence-electron chi connectivity index (χ1n) is 9.04. The molecule has 0 spiro atoms. The Morgan fingerprint density at radius 3 is 2.64 bits per heavy atom. The van der Waals surface area contributed by atoms with Gasteiger partial charge in [0.15, 0.2) is 0 Å². The van der Waals surface area contributed by atoms with Gasteiger partial charge in [0.25, 0.3) is 5.69 Å². The van der Waals surface area contributed by atoms with Crippen LogP contribution in [0.15, 0.2) is 28.8 Å². The normalized spacial score (nSPS) is 18.6. The number of hydrogen-bond donors (Lipinski definition) is 0. The van der Waals surface area contributed by atoms with Crippen molar-refractivity contribution in [3.05, 3.63) is 40.3 Å². The van der Waals surface area contributed by atoms with Gasteiger partial charge in [-0.3, -0.25) is 15.0 Å². The van der Waals surface area contributed by atoms with Gasteiger partial charge in [-0.1, -0.05) is 36.6 Å². The molecule has 2 fully saturated rings. The highest BCUT2D eigenvalue weighted by molar-refractivity contribution is 5.58. The lowest BCUT2D eigenvalue weighted by atomic mass is 9.94. The minimum Gasteiger partial charge on any atom is -0.338 e. The number of rotatable bonds is 6. The third kappa shape index (κ3) is 3.71. The topological polar surface area (TPSA) is 85.3 Å². The molecule has 2 aliphatic rings. The predicted molar refractivity (Wildman–Crippen MR) is 91.8 cm³/mol. The first-order chi connectivity index (χ1) is 12.2. The molecule has 2 aromatic rings. The number of aromatic nitrogens is 2. The van der Waals surface area contributed by atoms with Gasteiger partial charge in [0.1, 0.15) is 0 Å². The zero-order valence-electron chi connectivity index (χ0n) is 14.1. The van der Waals surface area contributed by atoms with E-state index in [0.29, 0.717) is 35.9 Å². The second-order valence-corrected chi connectivity index (χ2v) is 7.01. The number of nitro benzene ring substituents is 1. The van der Waals surface area contributed by atoms with Crippen molar-refractivity contribution in [2.45, 2.75) is 63.6 Å². The van der Waals surface area contributed by atoms with Crippen molar-refractivity contribution in [2.24, 2.45) is 0 Å². The molecule has 7 nitrogen and oxygen atoms in total. The molecule has 1 aromatic heterocycles. The third-order valence-electron chi connectivity index (χ3n) is 5.16. The Balaban J connectivity index is 1.50. The summed E-state index contributed by atoms with van der Waals surface area (Å²) in [5, 5.41) is 15.0. The lowest BCUT2D eigenvalue weighted by Gasteiger charge is -2.33. The lowest BCUT2D eigenvalue weighted by Crippen LogP contribution is -2.38. The van der Waals surface area contributed by atoms with Crippen LogP contribution in [0.1, 0.15) is 50.8 Å². The van der Waals surface area contributed by atoms with E-state index in [4.69, 9.17) is 4.52 Å². The van der Waals surface area contributed by atoms with Crippen LogP contribution in [0, 0.1) is 10.1 Å². The van der Waals surface area contributed by atoms with Crippen LogP contribution >= 0.6 is 0 Å². The number of nitro groups is 1. The highest BCUT2D eigenvalue weighted by Crippen LogP contribution is 2.35. The molecular weight excluding hydrogens is 320 g/mol. The lowest BCUT2D eigenvalue weighted by molar-refractivity contribution is -0.384. The van der Waals surface area contributed by atoms with Crippen molar-refractivity contribution >= 4 is 5.69 Å². The zero-order valence-corrected chi connectivity index (χ0v) is 14.1. The van der Waals surface area contributed by atoms with Gasteiger partial charge in [0.2, 0.25) is 11.7 Å². The summed E-state index contributed by atoms with van der Waals surface area (Å²) >= 11 is 0. The van der Waals surface area contributed by atoms with E-state index in [0.717, 1.165) is 0 Å². The van der Waals surface area contributed by atoms with Crippen LogP contribution in [0.25, 0.3) is 11.4 Å². The highest BCUT2D eigenvalue weighted by atomic mass is 16.6. The summed E-state index contributed by atoms with van der Waals surface area (Å²) in [5.41, 5.74) is 0.644. The molecule has 0 bridgehead atoms. The Hall–Kier alpha value is -2.28. The van der Waals surface area contributed by atoms with Crippen molar-refractivity contribution in [3.63, 3.8) is 0 Å². The first-order valence-corrected chi connectivity index (χ1v) is 9.04. The average molecular weight is 342 g/mol. The van der Waals surface area contributed by atoms with Gasteiger partial charge in [-0.2, -0.15) is 4.98 Å². The minimum absolute atomic E-state index is 0.0330. The summed E-state index contributed by atoms with van der Waals surface area (Å²) in [6.45, 7) is 0.678. The van der Waals surface area contributed by atoms with Crippen LogP contribution in [-0.2, 0) is 6.54 Å². The van der Waals surface area contributed by atoms with Gasteiger partial charge in [0, 0.05) is 29.8 Å². The van der Waals surface area contributed by atoms with E-state index in [1.54, 1.807) is 12.1 Å². The van der Waals surface area contributed by atoms with E-state index in [9.17, 15) is 10.1 Å². The van der Waals surface area contributed by atoms with Crippen LogP contribution in [-0.4, -0.2) is 32.0 Å². The first kappa shape index (κ1) is 16.2.